The van der Waals surface area contributed by atoms with E-state index in [0.29, 0.717) is 12.1 Å². The molecule has 0 aliphatic carbocycles. The van der Waals surface area contributed by atoms with Gasteiger partial charge in [-0.25, -0.2) is 4.79 Å². The summed E-state index contributed by atoms with van der Waals surface area (Å²) in [5.41, 5.74) is -2.08. The topological polar surface area (TPSA) is 72.8 Å². The van der Waals surface area contributed by atoms with Crippen molar-refractivity contribution in [3.8, 4) is 0 Å². The number of hydrogen-bond donors (Lipinski definition) is 1. The van der Waals surface area contributed by atoms with E-state index >= 15 is 0 Å². The van der Waals surface area contributed by atoms with Crippen molar-refractivity contribution in [3.63, 3.8) is 0 Å². The molecular formula is C19H22NO5+. The molecule has 0 aromatic carbocycles. The van der Waals surface area contributed by atoms with E-state index in [1.54, 1.807) is 12.1 Å². The molecule has 2 aromatic rings. The Labute approximate surface area is 145 Å². The largest absolute Gasteiger partial charge is 0.465 e. The molecule has 2 aliphatic heterocycles. The second kappa shape index (κ2) is 5.61. The van der Waals surface area contributed by atoms with Gasteiger partial charge in [-0.15, -0.1) is 0 Å². The van der Waals surface area contributed by atoms with Crippen molar-refractivity contribution in [2.24, 2.45) is 0 Å². The maximum Gasteiger partial charge on any atom is 0.354 e. The van der Waals surface area contributed by atoms with Crippen molar-refractivity contribution in [1.82, 2.24) is 0 Å². The summed E-state index contributed by atoms with van der Waals surface area (Å²) in [5, 5.41) is 11.1. The molecule has 6 heteroatoms. The highest BCUT2D eigenvalue weighted by Gasteiger charge is 2.51. The summed E-state index contributed by atoms with van der Waals surface area (Å²) < 4.78 is 17.2. The van der Waals surface area contributed by atoms with Gasteiger partial charge in [0.1, 0.15) is 18.2 Å². The van der Waals surface area contributed by atoms with E-state index in [1.165, 1.54) is 24.7 Å². The van der Waals surface area contributed by atoms with Gasteiger partial charge < -0.3 is 23.2 Å². The Morgan fingerprint density at radius 2 is 1.64 bits per heavy atom. The summed E-state index contributed by atoms with van der Waals surface area (Å²) in [6.07, 6.45) is 8.42. The maximum atomic E-state index is 12.9. The quantitative estimate of drug-likeness (QED) is 0.523. The minimum Gasteiger partial charge on any atom is -0.465 e. The number of furan rings is 2. The number of esters is 1. The number of rotatable bonds is 4. The Morgan fingerprint density at radius 3 is 2.08 bits per heavy atom. The van der Waals surface area contributed by atoms with Crippen LogP contribution in [0.1, 0.15) is 24.4 Å². The van der Waals surface area contributed by atoms with Crippen molar-refractivity contribution < 1.29 is 28.0 Å². The standard InChI is InChI=1S/C19H22NO5/c1-20(2)13-7-8-14(20)12-15(11-13)25-18(21)19(22,16-5-3-9-23-16)17-6-4-10-24-17/h3-10,13-15,22H,11-12H2,1-2H3/q+1/t13-,14+,15?. The van der Waals surface area contributed by atoms with E-state index in [1.807, 2.05) is 0 Å². The van der Waals surface area contributed by atoms with E-state index in [9.17, 15) is 9.90 Å². The number of aliphatic hydroxyl groups is 1. The van der Waals surface area contributed by atoms with Crippen molar-refractivity contribution in [2.45, 2.75) is 36.6 Å². The first-order valence-electron chi connectivity index (χ1n) is 8.45. The van der Waals surface area contributed by atoms with Crippen molar-refractivity contribution in [1.29, 1.82) is 0 Å². The highest BCUT2D eigenvalue weighted by molar-refractivity contribution is 5.83. The molecule has 2 aliphatic rings. The van der Waals surface area contributed by atoms with Crippen LogP contribution in [0.4, 0.5) is 0 Å². The smallest absolute Gasteiger partial charge is 0.354 e. The number of carbonyl (C=O) groups excluding carboxylic acids is 1. The second-order valence-electron chi connectivity index (χ2n) is 7.31. The van der Waals surface area contributed by atoms with E-state index in [-0.39, 0.29) is 17.6 Å². The molecule has 0 spiro atoms. The summed E-state index contributed by atoms with van der Waals surface area (Å²) >= 11 is 0. The van der Waals surface area contributed by atoms with Gasteiger partial charge in [0, 0.05) is 12.8 Å². The van der Waals surface area contributed by atoms with Crippen molar-refractivity contribution in [3.05, 3.63) is 60.5 Å². The average Bonchev–Trinajstić information content (AvgIpc) is 3.29. The number of carbonyl (C=O) groups is 1. The average molecular weight is 344 g/mol. The normalized spacial score (nSPS) is 27.4. The Kier molecular flexibility index (Phi) is 3.63. The van der Waals surface area contributed by atoms with Crippen LogP contribution in [0.3, 0.4) is 0 Å². The molecule has 1 N–H and O–H groups in total. The Bertz CT molecular complexity index is 723. The monoisotopic (exact) mass is 344 g/mol. The number of nitrogens with zero attached hydrogens (tertiary/aromatic N) is 1. The second-order valence-corrected chi connectivity index (χ2v) is 7.31. The molecule has 4 rings (SSSR count). The van der Waals surface area contributed by atoms with Crippen molar-refractivity contribution in [2.75, 3.05) is 14.1 Å². The molecule has 6 nitrogen and oxygen atoms in total. The number of fused-ring (bicyclic) bond motifs is 2. The molecule has 1 saturated heterocycles. The van der Waals surface area contributed by atoms with E-state index in [2.05, 4.69) is 26.2 Å². The van der Waals surface area contributed by atoms with Crippen LogP contribution in [-0.4, -0.2) is 47.8 Å². The first kappa shape index (κ1) is 16.2. The molecule has 132 valence electrons. The van der Waals surface area contributed by atoms with Gasteiger partial charge in [-0.3, -0.25) is 0 Å². The fraction of sp³-hybridized carbons (Fsp3) is 0.421. The summed E-state index contributed by atoms with van der Waals surface area (Å²) in [6, 6.07) is 6.93. The molecule has 25 heavy (non-hydrogen) atoms. The van der Waals surface area contributed by atoms with Crippen LogP contribution < -0.4 is 0 Å². The molecule has 1 fully saturated rings. The zero-order chi connectivity index (χ0) is 17.7. The SMILES string of the molecule is C[N+]1(C)[C@@H]2C=C[C@H]1CC(OC(=O)C(O)(c1ccco1)c1ccco1)C2. The molecule has 0 radical (unpaired) electrons. The number of quaternary nitrogens is 1. The summed E-state index contributed by atoms with van der Waals surface area (Å²) in [7, 11) is 4.38. The van der Waals surface area contributed by atoms with Gasteiger partial charge in [0.2, 0.25) is 0 Å². The third kappa shape index (κ3) is 2.44. The first-order valence-corrected chi connectivity index (χ1v) is 8.45. The number of likely N-dealkylation sites (N-methyl/N-ethyl adjacent to an activating group) is 1. The van der Waals surface area contributed by atoms with Crippen LogP contribution in [0.25, 0.3) is 0 Å². The van der Waals surface area contributed by atoms with E-state index < -0.39 is 11.6 Å². The lowest BCUT2D eigenvalue weighted by Crippen LogP contribution is -2.57. The van der Waals surface area contributed by atoms with E-state index in [4.69, 9.17) is 13.6 Å². The highest BCUT2D eigenvalue weighted by Crippen LogP contribution is 2.38. The van der Waals surface area contributed by atoms with Gasteiger partial charge in [-0.1, -0.05) is 0 Å². The fourth-order valence-corrected chi connectivity index (χ4v) is 3.91. The zero-order valence-electron chi connectivity index (χ0n) is 14.3. The molecule has 4 heterocycles. The molecule has 0 saturated carbocycles. The molecule has 2 bridgehead atoms. The number of piperidine rings is 1. The summed E-state index contributed by atoms with van der Waals surface area (Å²) in [5.74, 6) is -0.602. The lowest BCUT2D eigenvalue weighted by atomic mass is 9.95. The molecule has 0 amide bonds. The fourth-order valence-electron chi connectivity index (χ4n) is 3.91. The first-order chi connectivity index (χ1) is 11.9. The summed E-state index contributed by atoms with van der Waals surface area (Å²) in [4.78, 5) is 12.9. The van der Waals surface area contributed by atoms with Gasteiger partial charge >= 0.3 is 5.97 Å². The van der Waals surface area contributed by atoms with Crippen LogP contribution in [0.15, 0.2) is 57.8 Å². The molecule has 1 unspecified atom stereocenters. The van der Waals surface area contributed by atoms with E-state index in [0.717, 1.165) is 17.3 Å². The van der Waals surface area contributed by atoms with Crippen LogP contribution in [0, 0.1) is 0 Å². The number of hydrogen-bond acceptors (Lipinski definition) is 5. The van der Waals surface area contributed by atoms with Gasteiger partial charge in [0.05, 0.1) is 26.6 Å². The maximum absolute atomic E-state index is 12.9. The third-order valence-corrected chi connectivity index (χ3v) is 5.60. The lowest BCUT2D eigenvalue weighted by molar-refractivity contribution is -0.926. The number of ether oxygens (including phenoxy) is 1. The van der Waals surface area contributed by atoms with Gasteiger partial charge in [-0.2, -0.15) is 0 Å². The van der Waals surface area contributed by atoms with Gasteiger partial charge in [0.25, 0.3) is 5.60 Å². The highest BCUT2D eigenvalue weighted by atomic mass is 16.6. The Hall–Kier alpha value is -2.31. The summed E-state index contributed by atoms with van der Waals surface area (Å²) in [6.45, 7) is 0. The zero-order valence-corrected chi connectivity index (χ0v) is 14.3. The van der Waals surface area contributed by atoms with Gasteiger partial charge in [-0.05, 0) is 36.4 Å². The molecule has 3 atom stereocenters. The minimum atomic E-state index is -2.08. The van der Waals surface area contributed by atoms with Crippen LogP contribution in [0.2, 0.25) is 0 Å². The lowest BCUT2D eigenvalue weighted by Gasteiger charge is -2.44. The Balaban J connectivity index is 1.57. The van der Waals surface area contributed by atoms with Crippen molar-refractivity contribution >= 4 is 5.97 Å². The van der Waals surface area contributed by atoms with Crippen LogP contribution in [-0.2, 0) is 15.1 Å². The third-order valence-electron chi connectivity index (χ3n) is 5.60. The Morgan fingerprint density at radius 1 is 1.12 bits per heavy atom. The predicted octanol–water partition coefficient (Wildman–Crippen LogP) is 2.20. The van der Waals surface area contributed by atoms with Crippen LogP contribution >= 0.6 is 0 Å². The van der Waals surface area contributed by atoms with Crippen LogP contribution in [0.5, 0.6) is 0 Å². The predicted molar refractivity (Wildman–Crippen MR) is 88.4 cm³/mol. The minimum absolute atomic E-state index is 0.0838. The molecule has 2 aromatic heterocycles. The van der Waals surface area contributed by atoms with Gasteiger partial charge in [0.15, 0.2) is 11.5 Å². The molecular weight excluding hydrogens is 322 g/mol.